The SMILES string of the molecule is CC(C)(C)OC(=O)N1CCC(S(=O)(=O)CCO)C1. The molecule has 0 aromatic rings. The highest BCUT2D eigenvalue weighted by Gasteiger charge is 2.36. The van der Waals surface area contributed by atoms with Crippen molar-refractivity contribution < 1.29 is 23.1 Å². The van der Waals surface area contributed by atoms with Crippen LogP contribution < -0.4 is 0 Å². The average molecular weight is 279 g/mol. The van der Waals surface area contributed by atoms with Crippen molar-refractivity contribution in [2.24, 2.45) is 0 Å². The molecule has 1 saturated heterocycles. The van der Waals surface area contributed by atoms with Gasteiger partial charge in [0.1, 0.15) is 5.60 Å². The molecule has 18 heavy (non-hydrogen) atoms. The fraction of sp³-hybridized carbons (Fsp3) is 0.909. The Bertz CT molecular complexity index is 398. The van der Waals surface area contributed by atoms with Crippen molar-refractivity contribution >= 4 is 15.9 Å². The molecule has 7 heteroatoms. The normalized spacial score (nSPS) is 21.1. The number of likely N-dealkylation sites (tertiary alicyclic amines) is 1. The fourth-order valence-electron chi connectivity index (χ4n) is 1.81. The van der Waals surface area contributed by atoms with Crippen LogP contribution in [0.3, 0.4) is 0 Å². The maximum atomic E-state index is 11.8. The second-order valence-electron chi connectivity index (χ2n) is 5.43. The van der Waals surface area contributed by atoms with Crippen molar-refractivity contribution in [3.8, 4) is 0 Å². The molecule has 0 bridgehead atoms. The number of aliphatic hydroxyl groups is 1. The molecule has 0 saturated carbocycles. The Morgan fingerprint density at radius 1 is 1.44 bits per heavy atom. The molecule has 0 aliphatic carbocycles. The van der Waals surface area contributed by atoms with Gasteiger partial charge in [0.2, 0.25) is 0 Å². The Balaban J connectivity index is 2.59. The van der Waals surface area contributed by atoms with E-state index in [0.29, 0.717) is 13.0 Å². The molecule has 1 amide bonds. The number of sulfone groups is 1. The Labute approximate surface area is 108 Å². The van der Waals surface area contributed by atoms with Crippen LogP contribution >= 0.6 is 0 Å². The lowest BCUT2D eigenvalue weighted by Crippen LogP contribution is -2.37. The van der Waals surface area contributed by atoms with Crippen molar-refractivity contribution in [1.82, 2.24) is 4.90 Å². The average Bonchev–Trinajstić information content (AvgIpc) is 2.63. The number of ether oxygens (including phenoxy) is 1. The minimum absolute atomic E-state index is 0.150. The summed E-state index contributed by atoms with van der Waals surface area (Å²) in [6, 6.07) is 0. The van der Waals surface area contributed by atoms with Crippen LogP contribution in [0.15, 0.2) is 0 Å². The van der Waals surface area contributed by atoms with E-state index in [1.54, 1.807) is 20.8 Å². The lowest BCUT2D eigenvalue weighted by molar-refractivity contribution is 0.0295. The van der Waals surface area contributed by atoms with E-state index in [4.69, 9.17) is 9.84 Å². The minimum atomic E-state index is -3.32. The van der Waals surface area contributed by atoms with Gasteiger partial charge < -0.3 is 14.7 Å². The number of rotatable bonds is 3. The molecule has 1 unspecified atom stereocenters. The first-order valence-electron chi connectivity index (χ1n) is 5.96. The van der Waals surface area contributed by atoms with Gasteiger partial charge >= 0.3 is 6.09 Å². The predicted octanol–water partition coefficient (Wildman–Crippen LogP) is 0.403. The fourth-order valence-corrected chi connectivity index (χ4v) is 3.27. The second-order valence-corrected chi connectivity index (χ2v) is 7.83. The molecule has 1 N–H and O–H groups in total. The number of hydrogen-bond donors (Lipinski definition) is 1. The maximum Gasteiger partial charge on any atom is 0.410 e. The van der Waals surface area contributed by atoms with Gasteiger partial charge in [-0.2, -0.15) is 0 Å². The van der Waals surface area contributed by atoms with Crippen molar-refractivity contribution in [3.05, 3.63) is 0 Å². The number of aliphatic hydroxyl groups excluding tert-OH is 1. The van der Waals surface area contributed by atoms with Crippen LogP contribution in [-0.4, -0.2) is 60.8 Å². The van der Waals surface area contributed by atoms with E-state index in [9.17, 15) is 13.2 Å². The number of amides is 1. The van der Waals surface area contributed by atoms with Gasteiger partial charge in [-0.1, -0.05) is 0 Å². The summed E-state index contributed by atoms with van der Waals surface area (Å²) in [5, 5.41) is 8.12. The van der Waals surface area contributed by atoms with Crippen LogP contribution in [0.4, 0.5) is 4.79 Å². The molecular weight excluding hydrogens is 258 g/mol. The molecule has 0 radical (unpaired) electrons. The van der Waals surface area contributed by atoms with E-state index in [0.717, 1.165) is 0 Å². The first kappa shape index (κ1) is 15.2. The highest BCUT2D eigenvalue weighted by atomic mass is 32.2. The van der Waals surface area contributed by atoms with Crippen LogP contribution in [0, 0.1) is 0 Å². The highest BCUT2D eigenvalue weighted by molar-refractivity contribution is 7.92. The van der Waals surface area contributed by atoms with Gasteiger partial charge in [0.25, 0.3) is 0 Å². The molecule has 1 heterocycles. The summed E-state index contributed by atoms with van der Waals surface area (Å²) in [6.07, 6.45) is -0.0779. The molecule has 1 rings (SSSR count). The molecule has 0 spiro atoms. The smallest absolute Gasteiger partial charge is 0.410 e. The van der Waals surface area contributed by atoms with Gasteiger partial charge in [0.15, 0.2) is 9.84 Å². The summed E-state index contributed by atoms with van der Waals surface area (Å²) < 4.78 is 28.7. The molecule has 1 aliphatic rings. The topological polar surface area (TPSA) is 83.9 Å². The van der Waals surface area contributed by atoms with Crippen LogP contribution in [0.1, 0.15) is 27.2 Å². The van der Waals surface area contributed by atoms with Gasteiger partial charge in [-0.25, -0.2) is 13.2 Å². The zero-order chi connectivity index (χ0) is 14.0. The first-order chi connectivity index (χ1) is 8.15. The maximum absolute atomic E-state index is 11.8. The van der Waals surface area contributed by atoms with Gasteiger partial charge in [0.05, 0.1) is 17.6 Å². The third-order valence-electron chi connectivity index (χ3n) is 2.68. The van der Waals surface area contributed by atoms with Gasteiger partial charge in [-0.3, -0.25) is 0 Å². The lowest BCUT2D eigenvalue weighted by Gasteiger charge is -2.24. The summed E-state index contributed by atoms with van der Waals surface area (Å²) >= 11 is 0. The van der Waals surface area contributed by atoms with E-state index < -0.39 is 26.8 Å². The Kier molecular flexibility index (Phi) is 4.61. The molecule has 1 fully saturated rings. The Morgan fingerprint density at radius 2 is 2.06 bits per heavy atom. The van der Waals surface area contributed by atoms with Crippen molar-refractivity contribution in [1.29, 1.82) is 0 Å². The van der Waals surface area contributed by atoms with Crippen molar-refractivity contribution in [2.75, 3.05) is 25.4 Å². The third kappa shape index (κ3) is 4.13. The van der Waals surface area contributed by atoms with Gasteiger partial charge in [-0.05, 0) is 27.2 Å². The standard InChI is InChI=1S/C11H21NO5S/c1-11(2,3)17-10(14)12-5-4-9(8-12)18(15,16)7-6-13/h9,13H,4-8H2,1-3H3. The zero-order valence-electron chi connectivity index (χ0n) is 11.0. The van der Waals surface area contributed by atoms with E-state index in [1.807, 2.05) is 0 Å². The van der Waals surface area contributed by atoms with E-state index in [2.05, 4.69) is 0 Å². The summed E-state index contributed by atoms with van der Waals surface area (Å²) in [5.74, 6) is -0.250. The highest BCUT2D eigenvalue weighted by Crippen LogP contribution is 2.20. The number of nitrogens with zero attached hydrogens (tertiary/aromatic N) is 1. The van der Waals surface area contributed by atoms with Crippen molar-refractivity contribution in [3.63, 3.8) is 0 Å². The van der Waals surface area contributed by atoms with E-state index in [-0.39, 0.29) is 18.9 Å². The summed E-state index contributed by atoms with van der Waals surface area (Å²) in [7, 11) is -3.32. The molecule has 106 valence electrons. The third-order valence-corrected chi connectivity index (χ3v) is 4.83. The second kappa shape index (κ2) is 5.44. The van der Waals surface area contributed by atoms with E-state index in [1.165, 1.54) is 4.90 Å². The Hall–Kier alpha value is -0.820. The molecular formula is C11H21NO5S. The quantitative estimate of drug-likeness (QED) is 0.808. The van der Waals surface area contributed by atoms with Gasteiger partial charge in [0, 0.05) is 13.1 Å². The van der Waals surface area contributed by atoms with E-state index >= 15 is 0 Å². The summed E-state index contributed by atoms with van der Waals surface area (Å²) in [5.41, 5.74) is -0.584. The molecule has 1 aliphatic heterocycles. The minimum Gasteiger partial charge on any atom is -0.444 e. The first-order valence-corrected chi connectivity index (χ1v) is 7.67. The molecule has 0 aromatic heterocycles. The number of carbonyl (C=O) groups is 1. The zero-order valence-corrected chi connectivity index (χ0v) is 11.9. The molecule has 6 nitrogen and oxygen atoms in total. The van der Waals surface area contributed by atoms with Crippen molar-refractivity contribution in [2.45, 2.75) is 38.0 Å². The predicted molar refractivity (Wildman–Crippen MR) is 67.1 cm³/mol. The lowest BCUT2D eigenvalue weighted by atomic mass is 10.2. The molecule has 1 atom stereocenters. The monoisotopic (exact) mass is 279 g/mol. The largest absolute Gasteiger partial charge is 0.444 e. The van der Waals surface area contributed by atoms with Crippen LogP contribution in [0.5, 0.6) is 0 Å². The molecule has 0 aromatic carbocycles. The number of hydrogen-bond acceptors (Lipinski definition) is 5. The van der Waals surface area contributed by atoms with Crippen LogP contribution in [-0.2, 0) is 14.6 Å². The van der Waals surface area contributed by atoms with Crippen LogP contribution in [0.25, 0.3) is 0 Å². The summed E-state index contributed by atoms with van der Waals surface area (Å²) in [6.45, 7) is 5.44. The summed E-state index contributed by atoms with van der Waals surface area (Å²) in [4.78, 5) is 13.2. The van der Waals surface area contributed by atoms with Gasteiger partial charge in [-0.15, -0.1) is 0 Å². The van der Waals surface area contributed by atoms with Crippen LogP contribution in [0.2, 0.25) is 0 Å². The Morgan fingerprint density at radius 3 is 2.56 bits per heavy atom. The number of carbonyl (C=O) groups excluding carboxylic acids is 1.